The van der Waals surface area contributed by atoms with E-state index in [1.54, 1.807) is 6.08 Å². The molecular weight excluding hydrogens is 294 g/mol. The Bertz CT molecular complexity index is 995. The van der Waals surface area contributed by atoms with Gasteiger partial charge in [0, 0.05) is 5.92 Å². The molecule has 2 nitrogen and oxygen atoms in total. The number of nitriles is 1. The molecule has 0 aliphatic heterocycles. The maximum atomic E-state index is 12.6. The molecule has 2 aromatic rings. The largest absolute Gasteiger partial charge is 0.294 e. The fraction of sp³-hybridized carbons (Fsp3) is 0.273. The summed E-state index contributed by atoms with van der Waals surface area (Å²) in [5.74, 6) is 1.89. The van der Waals surface area contributed by atoms with Crippen molar-refractivity contribution in [1.29, 1.82) is 5.26 Å². The average Bonchev–Trinajstić information content (AvgIpc) is 3.34. The summed E-state index contributed by atoms with van der Waals surface area (Å²) in [6.07, 6.45) is 3.94. The van der Waals surface area contributed by atoms with Crippen LogP contribution in [0.1, 0.15) is 45.6 Å². The summed E-state index contributed by atoms with van der Waals surface area (Å²) in [5.41, 5.74) is 6.07. The highest BCUT2D eigenvalue weighted by atomic mass is 16.1. The second kappa shape index (κ2) is 4.05. The van der Waals surface area contributed by atoms with Crippen LogP contribution < -0.4 is 0 Å². The lowest BCUT2D eigenvalue weighted by molar-refractivity contribution is -0.116. The van der Waals surface area contributed by atoms with Gasteiger partial charge in [0.1, 0.15) is 0 Å². The van der Waals surface area contributed by atoms with Gasteiger partial charge in [-0.1, -0.05) is 48.5 Å². The van der Waals surface area contributed by atoms with Crippen LogP contribution in [-0.2, 0) is 4.79 Å². The monoisotopic (exact) mass is 309 g/mol. The van der Waals surface area contributed by atoms with Crippen molar-refractivity contribution in [3.05, 3.63) is 82.4 Å². The first-order valence-electron chi connectivity index (χ1n) is 8.64. The second-order valence-corrected chi connectivity index (χ2v) is 7.49. The maximum absolute atomic E-state index is 12.6. The maximum Gasteiger partial charge on any atom is 0.163 e. The van der Waals surface area contributed by atoms with Crippen molar-refractivity contribution in [2.45, 2.75) is 17.8 Å². The Hall–Kier alpha value is -2.66. The minimum atomic E-state index is -0.217. The summed E-state index contributed by atoms with van der Waals surface area (Å²) in [6.45, 7) is 0. The van der Waals surface area contributed by atoms with Crippen LogP contribution in [0.5, 0.6) is 0 Å². The topological polar surface area (TPSA) is 40.9 Å². The summed E-state index contributed by atoms with van der Waals surface area (Å²) >= 11 is 0. The third-order valence-electron chi connectivity index (χ3n) is 6.65. The van der Waals surface area contributed by atoms with Gasteiger partial charge in [-0.2, -0.15) is 5.26 Å². The highest BCUT2D eigenvalue weighted by Crippen LogP contribution is 2.70. The smallest absolute Gasteiger partial charge is 0.163 e. The van der Waals surface area contributed by atoms with Crippen molar-refractivity contribution in [2.24, 2.45) is 17.8 Å². The van der Waals surface area contributed by atoms with E-state index in [0.717, 1.165) is 11.1 Å². The van der Waals surface area contributed by atoms with E-state index >= 15 is 0 Å². The minimum absolute atomic E-state index is 0.0146. The molecule has 2 heteroatoms. The number of hydrogen-bond acceptors (Lipinski definition) is 2. The lowest BCUT2D eigenvalue weighted by atomic mass is 9.64. The van der Waals surface area contributed by atoms with Crippen LogP contribution in [0.4, 0.5) is 0 Å². The van der Waals surface area contributed by atoms with E-state index in [2.05, 4.69) is 42.5 Å². The molecule has 6 unspecified atom stereocenters. The molecule has 0 bridgehead atoms. The van der Waals surface area contributed by atoms with Gasteiger partial charge < -0.3 is 0 Å². The quantitative estimate of drug-likeness (QED) is 0.741. The van der Waals surface area contributed by atoms with Crippen LogP contribution in [0.25, 0.3) is 0 Å². The number of allylic oxidation sites excluding steroid dienone is 2. The van der Waals surface area contributed by atoms with E-state index in [1.165, 1.54) is 16.7 Å². The number of fused-ring (bicyclic) bond motifs is 5. The van der Waals surface area contributed by atoms with Gasteiger partial charge in [-0.3, -0.25) is 4.79 Å². The van der Waals surface area contributed by atoms with Crippen molar-refractivity contribution >= 4 is 5.78 Å². The van der Waals surface area contributed by atoms with Crippen molar-refractivity contribution in [3.63, 3.8) is 0 Å². The van der Waals surface area contributed by atoms with E-state index in [1.807, 2.05) is 12.1 Å². The number of carbonyl (C=O) groups excluding carboxylic acids is 1. The summed E-state index contributed by atoms with van der Waals surface area (Å²) in [5, 5.41) is 9.84. The molecule has 4 aliphatic rings. The highest BCUT2D eigenvalue weighted by molar-refractivity contribution is 5.98. The SMILES string of the molecule is N#CC1c2ccccc2C2c3c1cccc3C1C(=O)C=CC3C1C23. The molecule has 4 aliphatic carbocycles. The van der Waals surface area contributed by atoms with Gasteiger partial charge in [0.25, 0.3) is 0 Å². The fourth-order valence-electron chi connectivity index (χ4n) is 5.79. The van der Waals surface area contributed by atoms with E-state index < -0.39 is 0 Å². The van der Waals surface area contributed by atoms with Crippen LogP contribution in [0.15, 0.2) is 54.6 Å². The molecule has 0 amide bonds. The van der Waals surface area contributed by atoms with Crippen molar-refractivity contribution in [3.8, 4) is 6.07 Å². The van der Waals surface area contributed by atoms with Crippen molar-refractivity contribution in [1.82, 2.24) is 0 Å². The summed E-state index contributed by atoms with van der Waals surface area (Å²) in [6, 6.07) is 17.2. The van der Waals surface area contributed by atoms with Gasteiger partial charge in [0.15, 0.2) is 5.78 Å². The molecule has 2 aromatic carbocycles. The zero-order valence-electron chi connectivity index (χ0n) is 13.0. The molecule has 24 heavy (non-hydrogen) atoms. The number of benzene rings is 2. The molecule has 6 atom stereocenters. The number of nitrogens with zero attached hydrogens (tertiary/aromatic N) is 1. The van der Waals surface area contributed by atoms with Crippen LogP contribution in [0.3, 0.4) is 0 Å². The number of ketones is 1. The first kappa shape index (κ1) is 12.7. The lowest BCUT2D eigenvalue weighted by Gasteiger charge is -2.38. The van der Waals surface area contributed by atoms with E-state index in [-0.39, 0.29) is 17.6 Å². The predicted molar refractivity (Wildman–Crippen MR) is 89.5 cm³/mol. The van der Waals surface area contributed by atoms with Gasteiger partial charge in [-0.05, 0) is 51.6 Å². The zero-order valence-corrected chi connectivity index (χ0v) is 13.0. The molecule has 114 valence electrons. The van der Waals surface area contributed by atoms with Gasteiger partial charge in [0.2, 0.25) is 0 Å². The normalized spacial score (nSPS) is 36.2. The third kappa shape index (κ3) is 1.28. The Morgan fingerprint density at radius 3 is 2.38 bits per heavy atom. The van der Waals surface area contributed by atoms with Crippen LogP contribution in [0, 0.1) is 29.1 Å². The van der Waals surface area contributed by atoms with Crippen LogP contribution in [-0.4, -0.2) is 5.78 Å². The van der Waals surface area contributed by atoms with Crippen LogP contribution >= 0.6 is 0 Å². The van der Waals surface area contributed by atoms with Gasteiger partial charge in [0.05, 0.1) is 17.9 Å². The predicted octanol–water partition coefficient (Wildman–Crippen LogP) is 3.89. The number of carbonyl (C=O) groups is 1. The molecule has 1 saturated carbocycles. The Kier molecular flexibility index (Phi) is 2.15. The van der Waals surface area contributed by atoms with Gasteiger partial charge >= 0.3 is 0 Å². The molecule has 0 heterocycles. The molecular formula is C22H15NO. The molecule has 0 saturated heterocycles. The molecule has 6 rings (SSSR count). The second-order valence-electron chi connectivity index (χ2n) is 7.49. The Morgan fingerprint density at radius 1 is 0.833 bits per heavy atom. The van der Waals surface area contributed by atoms with E-state index in [0.29, 0.717) is 23.7 Å². The summed E-state index contributed by atoms with van der Waals surface area (Å²) in [4.78, 5) is 12.6. The zero-order chi connectivity index (χ0) is 16.0. The molecule has 0 aromatic heterocycles. The third-order valence-corrected chi connectivity index (χ3v) is 6.65. The van der Waals surface area contributed by atoms with Crippen molar-refractivity contribution < 1.29 is 4.79 Å². The highest BCUT2D eigenvalue weighted by Gasteiger charge is 2.64. The molecule has 1 fully saturated rings. The Balaban J connectivity index is 1.71. The van der Waals surface area contributed by atoms with Gasteiger partial charge in [-0.25, -0.2) is 0 Å². The summed E-state index contributed by atoms with van der Waals surface area (Å²) < 4.78 is 0. The number of hydrogen-bond donors (Lipinski definition) is 0. The van der Waals surface area contributed by atoms with E-state index in [4.69, 9.17) is 0 Å². The fourth-order valence-corrected chi connectivity index (χ4v) is 5.79. The standard InChI is InChI=1S/C22H15NO/c23-10-16-11-4-1-2-5-12(11)20-18-13(16)6-3-7-14(18)19-17(24)9-8-15-21(19)22(15)20/h1-9,15-16,19-22H. The van der Waals surface area contributed by atoms with Gasteiger partial charge in [-0.15, -0.1) is 0 Å². The molecule has 0 N–H and O–H groups in total. The minimum Gasteiger partial charge on any atom is -0.294 e. The van der Waals surface area contributed by atoms with Crippen LogP contribution in [0.2, 0.25) is 0 Å². The lowest BCUT2D eigenvalue weighted by Crippen LogP contribution is -2.28. The number of rotatable bonds is 0. The molecule has 0 radical (unpaired) electrons. The van der Waals surface area contributed by atoms with E-state index in [9.17, 15) is 10.1 Å². The first-order chi connectivity index (χ1) is 11.8. The average molecular weight is 309 g/mol. The first-order valence-corrected chi connectivity index (χ1v) is 8.64. The van der Waals surface area contributed by atoms with Crippen molar-refractivity contribution in [2.75, 3.05) is 0 Å². The Labute approximate surface area is 140 Å². The Morgan fingerprint density at radius 2 is 1.54 bits per heavy atom. The summed E-state index contributed by atoms with van der Waals surface area (Å²) in [7, 11) is 0. The molecule has 0 spiro atoms.